The normalized spacial score (nSPS) is 20.4. The zero-order valence-corrected chi connectivity index (χ0v) is 9.90. The largest absolute Gasteiger partial charge is 0.481 e. The maximum Gasteiger partial charge on any atom is 0.304 e. The summed E-state index contributed by atoms with van der Waals surface area (Å²) in [5.74, 6) is -1.51. The second-order valence-electron chi connectivity index (χ2n) is 4.59. The van der Waals surface area contributed by atoms with E-state index in [9.17, 15) is 9.59 Å². The van der Waals surface area contributed by atoms with Gasteiger partial charge in [0.2, 0.25) is 5.91 Å². The third-order valence-electron chi connectivity index (χ3n) is 2.99. The summed E-state index contributed by atoms with van der Waals surface area (Å²) in [6, 6.07) is 0.208. The van der Waals surface area contributed by atoms with E-state index in [4.69, 9.17) is 5.11 Å². The van der Waals surface area contributed by atoms with Crippen LogP contribution in [0.4, 0.5) is 0 Å². The van der Waals surface area contributed by atoms with Crippen molar-refractivity contribution in [1.29, 1.82) is 0 Å². The summed E-state index contributed by atoms with van der Waals surface area (Å²) < 4.78 is 0. The Hall–Kier alpha value is -1.10. The van der Waals surface area contributed by atoms with E-state index < -0.39 is 11.9 Å². The lowest BCUT2D eigenvalue weighted by atomic mass is 10.0. The first-order valence-corrected chi connectivity index (χ1v) is 5.69. The van der Waals surface area contributed by atoms with Crippen molar-refractivity contribution in [2.24, 2.45) is 5.92 Å². The summed E-state index contributed by atoms with van der Waals surface area (Å²) >= 11 is 0. The predicted molar refractivity (Wildman–Crippen MR) is 60.1 cm³/mol. The lowest BCUT2D eigenvalue weighted by Gasteiger charge is -2.30. The van der Waals surface area contributed by atoms with Crippen molar-refractivity contribution in [1.82, 2.24) is 10.2 Å². The molecule has 1 aliphatic heterocycles. The smallest absolute Gasteiger partial charge is 0.304 e. The molecule has 1 heterocycles. The van der Waals surface area contributed by atoms with Gasteiger partial charge in [0.15, 0.2) is 0 Å². The molecular weight excluding hydrogens is 208 g/mol. The first-order chi connectivity index (χ1) is 7.49. The number of nitrogens with zero attached hydrogens (tertiary/aromatic N) is 1. The van der Waals surface area contributed by atoms with Crippen molar-refractivity contribution in [2.45, 2.75) is 32.2 Å². The number of nitrogens with one attached hydrogen (secondary N) is 1. The Bertz CT molecular complexity index is 260. The molecular formula is C11H20N2O3. The molecule has 5 nitrogen and oxygen atoms in total. The summed E-state index contributed by atoms with van der Waals surface area (Å²) in [5, 5.41) is 11.5. The first kappa shape index (κ1) is 13.0. The Morgan fingerprint density at radius 2 is 2.00 bits per heavy atom. The Kier molecular flexibility index (Phi) is 4.73. The van der Waals surface area contributed by atoms with Crippen LogP contribution in [0.1, 0.15) is 26.2 Å². The summed E-state index contributed by atoms with van der Waals surface area (Å²) in [6.45, 7) is 3.62. The number of carboxylic acids is 1. The number of aliphatic carboxylic acids is 1. The van der Waals surface area contributed by atoms with E-state index in [-0.39, 0.29) is 18.4 Å². The molecule has 1 saturated heterocycles. The number of amides is 1. The highest BCUT2D eigenvalue weighted by Crippen LogP contribution is 2.10. The van der Waals surface area contributed by atoms with Crippen LogP contribution >= 0.6 is 0 Å². The quantitative estimate of drug-likeness (QED) is 0.726. The molecule has 2 N–H and O–H groups in total. The fourth-order valence-electron chi connectivity index (χ4n) is 1.85. The minimum atomic E-state index is -0.925. The lowest BCUT2D eigenvalue weighted by Crippen LogP contribution is -2.45. The molecule has 5 heteroatoms. The van der Waals surface area contributed by atoms with E-state index in [2.05, 4.69) is 17.3 Å². The van der Waals surface area contributed by atoms with Crippen molar-refractivity contribution in [3.05, 3.63) is 0 Å². The summed E-state index contributed by atoms with van der Waals surface area (Å²) in [7, 11) is 2.06. The zero-order valence-electron chi connectivity index (χ0n) is 9.90. The van der Waals surface area contributed by atoms with Gasteiger partial charge in [-0.05, 0) is 33.0 Å². The number of carbonyl (C=O) groups is 2. The standard InChI is InChI=1S/C11H20N2O3/c1-8(7-10(14)15)11(16)12-9-3-5-13(2)6-4-9/h8-9H,3-7H2,1-2H3,(H,12,16)(H,14,15). The molecule has 0 aromatic heterocycles. The number of likely N-dealkylation sites (tertiary alicyclic amines) is 1. The fourth-order valence-corrected chi connectivity index (χ4v) is 1.85. The molecule has 0 radical (unpaired) electrons. The highest BCUT2D eigenvalue weighted by atomic mass is 16.4. The lowest BCUT2D eigenvalue weighted by molar-refractivity contribution is -0.141. The molecule has 1 fully saturated rings. The number of piperidine rings is 1. The zero-order chi connectivity index (χ0) is 12.1. The van der Waals surface area contributed by atoms with Crippen LogP contribution in [-0.4, -0.2) is 48.1 Å². The van der Waals surface area contributed by atoms with Crippen LogP contribution < -0.4 is 5.32 Å². The molecule has 1 unspecified atom stereocenters. The van der Waals surface area contributed by atoms with Crippen molar-refractivity contribution in [3.8, 4) is 0 Å². The SMILES string of the molecule is CC(CC(=O)O)C(=O)NC1CCN(C)CC1. The molecule has 1 rings (SSSR count). The van der Waals surface area contributed by atoms with E-state index in [1.807, 2.05) is 0 Å². The first-order valence-electron chi connectivity index (χ1n) is 5.69. The Morgan fingerprint density at radius 3 is 2.50 bits per heavy atom. The van der Waals surface area contributed by atoms with Gasteiger partial charge in [-0.25, -0.2) is 0 Å². The average Bonchev–Trinajstić information content (AvgIpc) is 2.20. The minimum absolute atomic E-state index is 0.0988. The van der Waals surface area contributed by atoms with Crippen LogP contribution in [0.5, 0.6) is 0 Å². The van der Waals surface area contributed by atoms with Gasteiger partial charge in [-0.15, -0.1) is 0 Å². The van der Waals surface area contributed by atoms with Gasteiger partial charge >= 0.3 is 5.97 Å². The van der Waals surface area contributed by atoms with Crippen LogP contribution in [0, 0.1) is 5.92 Å². The van der Waals surface area contributed by atoms with E-state index >= 15 is 0 Å². The summed E-state index contributed by atoms with van der Waals surface area (Å²) in [6.07, 6.45) is 1.79. The molecule has 1 aliphatic rings. The maximum atomic E-state index is 11.6. The monoisotopic (exact) mass is 228 g/mol. The van der Waals surface area contributed by atoms with Crippen molar-refractivity contribution >= 4 is 11.9 Å². The Morgan fingerprint density at radius 1 is 1.44 bits per heavy atom. The van der Waals surface area contributed by atoms with Crippen LogP contribution in [0.2, 0.25) is 0 Å². The van der Waals surface area contributed by atoms with Crippen molar-refractivity contribution in [3.63, 3.8) is 0 Å². The highest BCUT2D eigenvalue weighted by molar-refractivity contribution is 5.83. The van der Waals surface area contributed by atoms with E-state index in [1.54, 1.807) is 6.92 Å². The van der Waals surface area contributed by atoms with Crippen LogP contribution in [0.25, 0.3) is 0 Å². The fraction of sp³-hybridized carbons (Fsp3) is 0.818. The van der Waals surface area contributed by atoms with Gasteiger partial charge < -0.3 is 15.3 Å². The molecule has 0 aliphatic carbocycles. The molecule has 92 valence electrons. The average molecular weight is 228 g/mol. The summed E-state index contributed by atoms with van der Waals surface area (Å²) in [5.41, 5.74) is 0. The second kappa shape index (κ2) is 5.84. The van der Waals surface area contributed by atoms with E-state index in [0.717, 1.165) is 25.9 Å². The van der Waals surface area contributed by atoms with Gasteiger partial charge in [-0.2, -0.15) is 0 Å². The molecule has 0 bridgehead atoms. The molecule has 0 saturated carbocycles. The third kappa shape index (κ3) is 4.18. The van der Waals surface area contributed by atoms with Gasteiger partial charge in [-0.1, -0.05) is 6.92 Å². The van der Waals surface area contributed by atoms with Crippen molar-refractivity contribution < 1.29 is 14.7 Å². The third-order valence-corrected chi connectivity index (χ3v) is 2.99. The number of carbonyl (C=O) groups excluding carboxylic acids is 1. The van der Waals surface area contributed by atoms with Gasteiger partial charge in [0.1, 0.15) is 0 Å². The topological polar surface area (TPSA) is 69.6 Å². The highest BCUT2D eigenvalue weighted by Gasteiger charge is 2.22. The van der Waals surface area contributed by atoms with Gasteiger partial charge in [0.05, 0.1) is 6.42 Å². The molecule has 0 aromatic carbocycles. The van der Waals surface area contributed by atoms with Gasteiger partial charge in [0.25, 0.3) is 0 Å². The molecule has 1 atom stereocenters. The molecule has 0 aromatic rings. The van der Waals surface area contributed by atoms with Gasteiger partial charge in [-0.3, -0.25) is 9.59 Å². The predicted octanol–water partition coefficient (Wildman–Crippen LogP) is 0.308. The number of rotatable bonds is 4. The van der Waals surface area contributed by atoms with Gasteiger partial charge in [0, 0.05) is 12.0 Å². The number of hydrogen-bond acceptors (Lipinski definition) is 3. The van der Waals surface area contributed by atoms with E-state index in [1.165, 1.54) is 0 Å². The summed E-state index contributed by atoms with van der Waals surface area (Å²) in [4.78, 5) is 24.3. The second-order valence-corrected chi connectivity index (χ2v) is 4.59. The number of carboxylic acid groups (broad SMARTS) is 1. The molecule has 16 heavy (non-hydrogen) atoms. The maximum absolute atomic E-state index is 11.6. The number of hydrogen-bond donors (Lipinski definition) is 2. The van der Waals surface area contributed by atoms with Crippen LogP contribution in [0.15, 0.2) is 0 Å². The Balaban J connectivity index is 2.31. The molecule has 0 spiro atoms. The van der Waals surface area contributed by atoms with Crippen molar-refractivity contribution in [2.75, 3.05) is 20.1 Å². The minimum Gasteiger partial charge on any atom is -0.481 e. The van der Waals surface area contributed by atoms with Crippen LogP contribution in [-0.2, 0) is 9.59 Å². The molecule has 1 amide bonds. The Labute approximate surface area is 95.8 Å². The van der Waals surface area contributed by atoms with E-state index in [0.29, 0.717) is 0 Å². The van der Waals surface area contributed by atoms with Crippen LogP contribution in [0.3, 0.4) is 0 Å².